The first-order valence-electron chi connectivity index (χ1n) is 7.79. The van der Waals surface area contributed by atoms with Crippen molar-refractivity contribution >= 4 is 0 Å². The minimum absolute atomic E-state index is 0.344. The third kappa shape index (κ3) is 4.68. The van der Waals surface area contributed by atoms with Crippen molar-refractivity contribution in [2.75, 3.05) is 45.9 Å². The van der Waals surface area contributed by atoms with Gasteiger partial charge in [0.2, 0.25) is 0 Å². The summed E-state index contributed by atoms with van der Waals surface area (Å²) in [5, 5.41) is 13.4. The van der Waals surface area contributed by atoms with Gasteiger partial charge in [-0.1, -0.05) is 6.92 Å². The van der Waals surface area contributed by atoms with Gasteiger partial charge in [-0.15, -0.1) is 0 Å². The Bertz CT molecular complexity index is 241. The molecule has 0 radical (unpaired) electrons. The van der Waals surface area contributed by atoms with Crippen LogP contribution in [0.5, 0.6) is 0 Å². The molecular formula is C14H29N3O2. The van der Waals surface area contributed by atoms with E-state index in [-0.39, 0.29) is 0 Å². The lowest BCUT2D eigenvalue weighted by Crippen LogP contribution is -2.55. The van der Waals surface area contributed by atoms with Crippen LogP contribution in [0.2, 0.25) is 0 Å². The van der Waals surface area contributed by atoms with Gasteiger partial charge >= 0.3 is 0 Å². The van der Waals surface area contributed by atoms with Crippen LogP contribution in [0.4, 0.5) is 0 Å². The molecule has 2 aliphatic rings. The maximum Gasteiger partial charge on any atom is 0.157 e. The normalized spacial score (nSPS) is 25.6. The smallest absolute Gasteiger partial charge is 0.157 e. The Morgan fingerprint density at radius 1 is 1.11 bits per heavy atom. The van der Waals surface area contributed by atoms with Gasteiger partial charge < -0.3 is 15.2 Å². The van der Waals surface area contributed by atoms with Crippen LogP contribution in [-0.4, -0.2) is 73.2 Å². The summed E-state index contributed by atoms with van der Waals surface area (Å²) in [7, 11) is 0. The van der Waals surface area contributed by atoms with E-state index >= 15 is 0 Å². The van der Waals surface area contributed by atoms with Gasteiger partial charge in [0.25, 0.3) is 0 Å². The number of ether oxygens (including phenoxy) is 1. The van der Waals surface area contributed by atoms with Gasteiger partial charge in [0.1, 0.15) is 0 Å². The van der Waals surface area contributed by atoms with Crippen LogP contribution in [0.3, 0.4) is 0 Å². The number of rotatable bonds is 7. The topological polar surface area (TPSA) is 48.0 Å². The zero-order valence-corrected chi connectivity index (χ0v) is 12.2. The third-order valence-electron chi connectivity index (χ3n) is 4.06. The van der Waals surface area contributed by atoms with E-state index in [4.69, 9.17) is 4.74 Å². The van der Waals surface area contributed by atoms with Crippen LogP contribution in [0.1, 0.15) is 32.6 Å². The fraction of sp³-hybridized carbons (Fsp3) is 1.00. The monoisotopic (exact) mass is 271 g/mol. The Morgan fingerprint density at radius 3 is 2.37 bits per heavy atom. The number of nitrogens with zero attached hydrogens (tertiary/aromatic N) is 2. The molecule has 112 valence electrons. The van der Waals surface area contributed by atoms with E-state index in [0.29, 0.717) is 19.2 Å². The number of nitrogens with one attached hydrogen (secondary N) is 1. The van der Waals surface area contributed by atoms with Crippen LogP contribution >= 0.6 is 0 Å². The number of aliphatic hydroxyl groups is 1. The second-order valence-electron chi connectivity index (χ2n) is 5.57. The van der Waals surface area contributed by atoms with Crippen LogP contribution in [0.25, 0.3) is 0 Å². The maximum absolute atomic E-state index is 10.1. The summed E-state index contributed by atoms with van der Waals surface area (Å²) >= 11 is 0. The molecule has 0 aromatic carbocycles. The first-order valence-corrected chi connectivity index (χ1v) is 7.79. The Balaban J connectivity index is 1.88. The van der Waals surface area contributed by atoms with Crippen molar-refractivity contribution in [3.63, 3.8) is 0 Å². The number of aliphatic hydroxyl groups excluding tert-OH is 1. The average Bonchev–Trinajstić information content (AvgIpc) is 2.97. The highest BCUT2D eigenvalue weighted by molar-refractivity contribution is 4.81. The summed E-state index contributed by atoms with van der Waals surface area (Å²) in [4.78, 5) is 5.02. The largest absolute Gasteiger partial charge is 0.368 e. The molecule has 2 rings (SSSR count). The van der Waals surface area contributed by atoms with Gasteiger partial charge in [-0.05, 0) is 32.4 Å². The third-order valence-corrected chi connectivity index (χ3v) is 4.06. The summed E-state index contributed by atoms with van der Waals surface area (Å²) < 4.78 is 5.46. The highest BCUT2D eigenvalue weighted by Gasteiger charge is 2.30. The summed E-state index contributed by atoms with van der Waals surface area (Å²) in [6.07, 6.45) is 3.96. The molecule has 2 atom stereocenters. The molecule has 2 saturated heterocycles. The number of likely N-dealkylation sites (tertiary alicyclic amines) is 1. The van der Waals surface area contributed by atoms with E-state index in [1.807, 2.05) is 0 Å². The maximum atomic E-state index is 10.1. The fourth-order valence-corrected chi connectivity index (χ4v) is 3.05. The van der Waals surface area contributed by atoms with E-state index in [9.17, 15) is 5.11 Å². The second-order valence-corrected chi connectivity index (χ2v) is 5.57. The van der Waals surface area contributed by atoms with Gasteiger partial charge in [-0.25, -0.2) is 0 Å². The van der Waals surface area contributed by atoms with Crippen LogP contribution in [-0.2, 0) is 4.74 Å². The van der Waals surface area contributed by atoms with E-state index in [1.165, 1.54) is 12.8 Å². The molecular weight excluding hydrogens is 242 g/mol. The SMILES string of the molecule is CCCOC(O)CC(N1CCCC1)N1CCNCC1. The molecule has 0 aromatic rings. The average molecular weight is 271 g/mol. The van der Waals surface area contributed by atoms with Crippen molar-refractivity contribution in [3.05, 3.63) is 0 Å². The summed E-state index contributed by atoms with van der Waals surface area (Å²) in [5.74, 6) is 0. The zero-order chi connectivity index (χ0) is 13.5. The predicted octanol–water partition coefficient (Wildman–Crippen LogP) is 0.449. The van der Waals surface area contributed by atoms with Crippen LogP contribution < -0.4 is 5.32 Å². The van der Waals surface area contributed by atoms with Crippen LogP contribution in [0.15, 0.2) is 0 Å². The standard InChI is InChI=1S/C14H29N3O2/c1-2-11-19-14(18)12-13(16-7-3-4-8-16)17-9-5-15-6-10-17/h13-15,18H,2-12H2,1H3. The molecule has 2 fully saturated rings. The molecule has 2 heterocycles. The van der Waals surface area contributed by atoms with Crippen LogP contribution in [0, 0.1) is 0 Å². The number of piperazine rings is 1. The van der Waals surface area contributed by atoms with Crippen molar-refractivity contribution < 1.29 is 9.84 Å². The van der Waals surface area contributed by atoms with E-state index in [0.717, 1.165) is 45.7 Å². The highest BCUT2D eigenvalue weighted by Crippen LogP contribution is 2.19. The first kappa shape index (κ1) is 15.2. The lowest BCUT2D eigenvalue weighted by atomic mass is 10.2. The van der Waals surface area contributed by atoms with E-state index in [1.54, 1.807) is 0 Å². The lowest BCUT2D eigenvalue weighted by molar-refractivity contribution is -0.128. The Hall–Kier alpha value is -0.200. The Morgan fingerprint density at radius 2 is 1.74 bits per heavy atom. The summed E-state index contributed by atoms with van der Waals surface area (Å²) in [6, 6.07) is 0. The molecule has 0 aliphatic carbocycles. The van der Waals surface area contributed by atoms with Crippen molar-refractivity contribution in [3.8, 4) is 0 Å². The molecule has 0 bridgehead atoms. The Labute approximate surface area is 116 Å². The number of hydrogen-bond acceptors (Lipinski definition) is 5. The summed E-state index contributed by atoms with van der Waals surface area (Å²) in [5.41, 5.74) is 0. The molecule has 19 heavy (non-hydrogen) atoms. The molecule has 0 amide bonds. The zero-order valence-electron chi connectivity index (χ0n) is 12.2. The van der Waals surface area contributed by atoms with Gasteiger partial charge in [0.05, 0.1) is 6.17 Å². The minimum Gasteiger partial charge on any atom is -0.368 e. The lowest BCUT2D eigenvalue weighted by Gasteiger charge is -2.40. The molecule has 5 nitrogen and oxygen atoms in total. The van der Waals surface area contributed by atoms with E-state index < -0.39 is 6.29 Å². The van der Waals surface area contributed by atoms with E-state index in [2.05, 4.69) is 22.0 Å². The summed E-state index contributed by atoms with van der Waals surface area (Å²) in [6.45, 7) is 9.29. The Kier molecular flexibility index (Phi) is 6.53. The van der Waals surface area contributed by atoms with Gasteiger partial charge in [0.15, 0.2) is 6.29 Å². The molecule has 0 spiro atoms. The second kappa shape index (κ2) is 8.17. The molecule has 2 unspecified atom stereocenters. The first-order chi connectivity index (χ1) is 9.31. The molecule has 2 N–H and O–H groups in total. The number of hydrogen-bond donors (Lipinski definition) is 2. The molecule has 0 aromatic heterocycles. The van der Waals surface area contributed by atoms with Crippen molar-refractivity contribution in [2.45, 2.75) is 45.1 Å². The minimum atomic E-state index is -0.625. The van der Waals surface area contributed by atoms with Gasteiger partial charge in [-0.3, -0.25) is 9.80 Å². The molecule has 2 aliphatic heterocycles. The fourth-order valence-electron chi connectivity index (χ4n) is 3.05. The predicted molar refractivity (Wildman–Crippen MR) is 75.9 cm³/mol. The highest BCUT2D eigenvalue weighted by atomic mass is 16.6. The molecule has 0 saturated carbocycles. The molecule has 5 heteroatoms. The quantitative estimate of drug-likeness (QED) is 0.658. The van der Waals surface area contributed by atoms with Gasteiger partial charge in [0, 0.05) is 39.2 Å². The van der Waals surface area contributed by atoms with Crippen molar-refractivity contribution in [1.29, 1.82) is 0 Å². The van der Waals surface area contributed by atoms with Crippen molar-refractivity contribution in [1.82, 2.24) is 15.1 Å². The van der Waals surface area contributed by atoms with Gasteiger partial charge in [-0.2, -0.15) is 0 Å². The van der Waals surface area contributed by atoms with Crippen molar-refractivity contribution in [2.24, 2.45) is 0 Å².